The van der Waals surface area contributed by atoms with E-state index in [9.17, 15) is 19.7 Å². The fourth-order valence-electron chi connectivity index (χ4n) is 3.00. The van der Waals surface area contributed by atoms with Crippen LogP contribution in [0.3, 0.4) is 0 Å². The van der Waals surface area contributed by atoms with Crippen molar-refractivity contribution in [2.45, 2.75) is 6.92 Å². The number of benzene rings is 1. The van der Waals surface area contributed by atoms with Gasteiger partial charge in [-0.2, -0.15) is 5.10 Å². The fraction of sp³-hybridized carbons (Fsp3) is 0.105. The molecule has 1 aromatic carbocycles. The Hall–Kier alpha value is -4.13. The van der Waals surface area contributed by atoms with Crippen LogP contribution in [0, 0.1) is 10.1 Å². The smallest absolute Gasteiger partial charge is 0.357 e. The van der Waals surface area contributed by atoms with Crippen LogP contribution in [0.4, 0.5) is 11.5 Å². The molecular weight excluding hydrogens is 486 g/mol. The van der Waals surface area contributed by atoms with E-state index >= 15 is 0 Å². The second-order valence-corrected chi connectivity index (χ2v) is 7.16. The van der Waals surface area contributed by atoms with Crippen LogP contribution >= 0.6 is 15.9 Å². The Morgan fingerprint density at radius 3 is 2.88 bits per heavy atom. The second kappa shape index (κ2) is 8.55. The summed E-state index contributed by atoms with van der Waals surface area (Å²) in [4.78, 5) is 39.2. The molecule has 0 unspecified atom stereocenters. The van der Waals surface area contributed by atoms with Crippen molar-refractivity contribution >= 4 is 45.0 Å². The number of nitro groups is 1. The van der Waals surface area contributed by atoms with E-state index in [4.69, 9.17) is 4.74 Å². The molecule has 0 spiro atoms. The summed E-state index contributed by atoms with van der Waals surface area (Å²) in [6, 6.07) is 8.57. The number of fused-ring (bicyclic) bond motifs is 1. The number of ether oxygens (including phenoxy) is 1. The zero-order valence-corrected chi connectivity index (χ0v) is 18.0. The lowest BCUT2D eigenvalue weighted by molar-refractivity contribution is -0.390. The molecule has 162 valence electrons. The number of esters is 1. The third-order valence-corrected chi connectivity index (χ3v) is 5.15. The molecular formula is C19H14BrN7O5. The minimum Gasteiger partial charge on any atom is -0.462 e. The van der Waals surface area contributed by atoms with Crippen molar-refractivity contribution in [1.82, 2.24) is 24.8 Å². The Bertz CT molecular complexity index is 1360. The van der Waals surface area contributed by atoms with Crippen molar-refractivity contribution in [3.05, 3.63) is 68.6 Å². The molecule has 3 aromatic heterocycles. The average Bonchev–Trinajstić information content (AvgIpc) is 3.37. The fourth-order valence-corrected chi connectivity index (χ4v) is 3.50. The third-order valence-electron chi connectivity index (χ3n) is 4.40. The Balaban J connectivity index is 1.65. The SMILES string of the molecule is CCOC(=O)c1cnn2c(-c3cccc(NC(=O)c4n[nH]c([N+](=O)[O-])c4Br)c3)ccnc12. The summed E-state index contributed by atoms with van der Waals surface area (Å²) >= 11 is 3.02. The molecule has 1 amide bonds. The molecule has 0 atom stereocenters. The Labute approximate surface area is 187 Å². The summed E-state index contributed by atoms with van der Waals surface area (Å²) in [5.74, 6) is -1.58. The maximum atomic E-state index is 12.5. The largest absolute Gasteiger partial charge is 0.462 e. The average molecular weight is 500 g/mol. The van der Waals surface area contributed by atoms with E-state index in [1.807, 2.05) is 0 Å². The van der Waals surface area contributed by atoms with Gasteiger partial charge in [0, 0.05) is 17.4 Å². The van der Waals surface area contributed by atoms with Crippen molar-refractivity contribution in [3.8, 4) is 11.3 Å². The standard InChI is InChI=1S/C19H14BrN7O5/c1-2-32-19(29)12-9-22-26-13(6-7-21-16(12)26)10-4-3-5-11(8-10)23-18(28)15-14(20)17(25-24-15)27(30)31/h3-9H,2H2,1H3,(H,23,28)(H,24,25). The first-order valence-electron chi connectivity index (χ1n) is 9.20. The molecule has 0 aliphatic rings. The van der Waals surface area contributed by atoms with Crippen LogP contribution in [-0.4, -0.2) is 48.2 Å². The van der Waals surface area contributed by atoms with Crippen molar-refractivity contribution in [3.63, 3.8) is 0 Å². The number of rotatable bonds is 6. The summed E-state index contributed by atoms with van der Waals surface area (Å²) in [5, 5.41) is 23.7. The lowest BCUT2D eigenvalue weighted by atomic mass is 10.1. The number of anilines is 1. The zero-order valence-electron chi connectivity index (χ0n) is 16.4. The number of halogens is 1. The molecule has 0 aliphatic heterocycles. The van der Waals surface area contributed by atoms with Crippen molar-refractivity contribution in [2.75, 3.05) is 11.9 Å². The number of aromatic amines is 1. The Morgan fingerprint density at radius 2 is 2.16 bits per heavy atom. The summed E-state index contributed by atoms with van der Waals surface area (Å²) in [6.07, 6.45) is 2.93. The van der Waals surface area contributed by atoms with Gasteiger partial charge in [-0.1, -0.05) is 17.2 Å². The molecule has 12 nitrogen and oxygen atoms in total. The van der Waals surface area contributed by atoms with Gasteiger partial charge in [-0.15, -0.1) is 5.10 Å². The van der Waals surface area contributed by atoms with Crippen molar-refractivity contribution < 1.29 is 19.2 Å². The lowest BCUT2D eigenvalue weighted by Gasteiger charge is -2.08. The number of aromatic nitrogens is 5. The van der Waals surface area contributed by atoms with Gasteiger partial charge in [0.1, 0.15) is 10.0 Å². The van der Waals surface area contributed by atoms with E-state index in [1.54, 1.807) is 43.5 Å². The van der Waals surface area contributed by atoms with Crippen LogP contribution in [0.15, 0.2) is 47.2 Å². The van der Waals surface area contributed by atoms with Gasteiger partial charge >= 0.3 is 11.8 Å². The molecule has 32 heavy (non-hydrogen) atoms. The molecule has 0 aliphatic carbocycles. The molecule has 0 saturated carbocycles. The maximum Gasteiger partial charge on any atom is 0.357 e. The maximum absolute atomic E-state index is 12.5. The monoisotopic (exact) mass is 499 g/mol. The van der Waals surface area contributed by atoms with Gasteiger partial charge in [-0.3, -0.25) is 4.79 Å². The highest BCUT2D eigenvalue weighted by Crippen LogP contribution is 2.27. The van der Waals surface area contributed by atoms with Gasteiger partial charge in [-0.25, -0.2) is 14.3 Å². The quantitative estimate of drug-likeness (QED) is 0.232. The number of hydrogen-bond acceptors (Lipinski definition) is 8. The molecule has 0 bridgehead atoms. The Morgan fingerprint density at radius 1 is 1.34 bits per heavy atom. The van der Waals surface area contributed by atoms with Gasteiger partial charge in [0.25, 0.3) is 5.91 Å². The van der Waals surface area contributed by atoms with Gasteiger partial charge in [0.15, 0.2) is 11.3 Å². The predicted molar refractivity (Wildman–Crippen MR) is 115 cm³/mol. The number of carbonyl (C=O) groups excluding carboxylic acids is 2. The first-order valence-corrected chi connectivity index (χ1v) is 10.00. The van der Waals surface area contributed by atoms with E-state index in [2.05, 4.69) is 41.5 Å². The molecule has 13 heteroatoms. The van der Waals surface area contributed by atoms with Crippen LogP contribution in [0.25, 0.3) is 16.9 Å². The molecule has 4 aromatic rings. The molecule has 2 N–H and O–H groups in total. The highest BCUT2D eigenvalue weighted by atomic mass is 79.9. The third kappa shape index (κ3) is 3.80. The predicted octanol–water partition coefficient (Wildman–Crippen LogP) is 3.22. The number of amides is 1. The van der Waals surface area contributed by atoms with Crippen LogP contribution in [0.5, 0.6) is 0 Å². The number of carbonyl (C=O) groups is 2. The highest BCUT2D eigenvalue weighted by molar-refractivity contribution is 9.10. The minimum absolute atomic E-state index is 0.0463. The minimum atomic E-state index is -0.683. The number of nitrogens with zero attached hydrogens (tertiary/aromatic N) is 5. The Kier molecular flexibility index (Phi) is 5.64. The van der Waals surface area contributed by atoms with E-state index < -0.39 is 22.6 Å². The summed E-state index contributed by atoms with van der Waals surface area (Å²) in [7, 11) is 0. The van der Waals surface area contributed by atoms with Gasteiger partial charge in [0.2, 0.25) is 0 Å². The van der Waals surface area contributed by atoms with Crippen LogP contribution in [0.2, 0.25) is 0 Å². The summed E-state index contributed by atoms with van der Waals surface area (Å²) in [6.45, 7) is 1.94. The lowest BCUT2D eigenvalue weighted by Crippen LogP contribution is -2.13. The molecule has 0 fully saturated rings. The number of nitrogens with one attached hydrogen (secondary N) is 2. The normalized spacial score (nSPS) is 10.8. The molecule has 0 saturated heterocycles. The van der Waals surface area contributed by atoms with Crippen LogP contribution < -0.4 is 5.32 Å². The van der Waals surface area contributed by atoms with Gasteiger partial charge in [0.05, 0.1) is 18.5 Å². The summed E-state index contributed by atoms with van der Waals surface area (Å²) in [5.41, 5.74) is 2.15. The zero-order chi connectivity index (χ0) is 22.8. The first kappa shape index (κ1) is 21.1. The second-order valence-electron chi connectivity index (χ2n) is 6.37. The molecule has 4 rings (SSSR count). The number of H-pyrrole nitrogens is 1. The summed E-state index contributed by atoms with van der Waals surface area (Å²) < 4.78 is 6.49. The van der Waals surface area contributed by atoms with E-state index in [0.717, 1.165) is 0 Å². The van der Waals surface area contributed by atoms with Crippen molar-refractivity contribution in [1.29, 1.82) is 0 Å². The number of hydrogen-bond donors (Lipinski definition) is 2. The van der Waals surface area contributed by atoms with E-state index in [1.165, 1.54) is 10.7 Å². The first-order chi connectivity index (χ1) is 15.4. The molecule has 3 heterocycles. The highest BCUT2D eigenvalue weighted by Gasteiger charge is 2.25. The van der Waals surface area contributed by atoms with Crippen LogP contribution in [0.1, 0.15) is 27.8 Å². The van der Waals surface area contributed by atoms with E-state index in [0.29, 0.717) is 22.6 Å². The van der Waals surface area contributed by atoms with E-state index in [-0.39, 0.29) is 22.3 Å². The van der Waals surface area contributed by atoms with Crippen LogP contribution in [-0.2, 0) is 4.74 Å². The topological polar surface area (TPSA) is 157 Å². The van der Waals surface area contributed by atoms with Crippen molar-refractivity contribution in [2.24, 2.45) is 0 Å². The van der Waals surface area contributed by atoms with Gasteiger partial charge in [-0.05, 0) is 46.0 Å². The molecule has 0 radical (unpaired) electrons. The van der Waals surface area contributed by atoms with Gasteiger partial charge < -0.3 is 20.2 Å².